The lowest BCUT2D eigenvalue weighted by atomic mass is 10.3. The summed E-state index contributed by atoms with van der Waals surface area (Å²) in [4.78, 5) is 20.6. The molecule has 2 heterocycles. The highest BCUT2D eigenvalue weighted by Gasteiger charge is 2.36. The van der Waals surface area contributed by atoms with E-state index < -0.39 is 0 Å². The molecule has 1 aromatic rings. The molecule has 0 atom stereocenters. The minimum absolute atomic E-state index is 0. The van der Waals surface area contributed by atoms with Crippen molar-refractivity contribution in [1.29, 1.82) is 0 Å². The van der Waals surface area contributed by atoms with Crippen LogP contribution in [0.3, 0.4) is 0 Å². The number of hydrogen-bond donors (Lipinski definition) is 1. The SMILES string of the molecule is CN=C(NCc1cccn1C)N1CCN(C2CC2)C(=O)C1.I. The predicted molar refractivity (Wildman–Crippen MR) is 97.3 cm³/mol. The Morgan fingerprint density at radius 2 is 2.18 bits per heavy atom. The van der Waals surface area contributed by atoms with Gasteiger partial charge in [0.2, 0.25) is 5.91 Å². The number of guanidine groups is 1. The van der Waals surface area contributed by atoms with Crippen LogP contribution in [0.2, 0.25) is 0 Å². The number of nitrogens with one attached hydrogen (secondary N) is 1. The molecule has 1 aliphatic heterocycles. The standard InChI is InChI=1S/C15H23N5O.HI/c1-16-15(17-10-13-4-3-7-18(13)2)19-8-9-20(12-5-6-12)14(21)11-19;/h3-4,7,12H,5-6,8-11H2,1-2H3,(H,16,17);1H. The van der Waals surface area contributed by atoms with Gasteiger partial charge in [-0.1, -0.05) is 0 Å². The number of carbonyl (C=O) groups is 1. The van der Waals surface area contributed by atoms with E-state index in [9.17, 15) is 4.79 Å². The van der Waals surface area contributed by atoms with Crippen LogP contribution in [0, 0.1) is 0 Å². The molecule has 1 aromatic heterocycles. The molecule has 1 aliphatic carbocycles. The summed E-state index contributed by atoms with van der Waals surface area (Å²) in [7, 11) is 3.79. The maximum atomic E-state index is 12.2. The highest BCUT2D eigenvalue weighted by atomic mass is 127. The molecule has 2 aliphatic rings. The number of amides is 1. The van der Waals surface area contributed by atoms with Crippen LogP contribution < -0.4 is 5.32 Å². The molecular weight excluding hydrogens is 393 g/mol. The molecule has 0 aromatic carbocycles. The first-order valence-corrected chi connectivity index (χ1v) is 7.54. The Hall–Kier alpha value is -1.25. The van der Waals surface area contributed by atoms with Crippen LogP contribution in [-0.2, 0) is 18.4 Å². The van der Waals surface area contributed by atoms with E-state index in [1.165, 1.54) is 18.5 Å². The number of piperazine rings is 1. The summed E-state index contributed by atoms with van der Waals surface area (Å²) in [5.74, 6) is 1.03. The average molecular weight is 417 g/mol. The molecule has 0 radical (unpaired) electrons. The van der Waals surface area contributed by atoms with Crippen molar-refractivity contribution in [3.63, 3.8) is 0 Å². The molecule has 1 amide bonds. The quantitative estimate of drug-likeness (QED) is 0.454. The fourth-order valence-corrected chi connectivity index (χ4v) is 2.82. The minimum Gasteiger partial charge on any atom is -0.353 e. The van der Waals surface area contributed by atoms with E-state index in [4.69, 9.17) is 0 Å². The molecular formula is C15H24IN5O. The fourth-order valence-electron chi connectivity index (χ4n) is 2.82. The number of carbonyl (C=O) groups excluding carboxylic acids is 1. The van der Waals surface area contributed by atoms with Gasteiger partial charge in [0.15, 0.2) is 5.96 Å². The minimum atomic E-state index is 0. The molecule has 2 fully saturated rings. The topological polar surface area (TPSA) is 52.9 Å². The maximum absolute atomic E-state index is 12.2. The van der Waals surface area contributed by atoms with Gasteiger partial charge in [0.25, 0.3) is 0 Å². The summed E-state index contributed by atoms with van der Waals surface area (Å²) in [6.45, 7) is 2.82. The third-order valence-electron chi connectivity index (χ3n) is 4.24. The molecule has 22 heavy (non-hydrogen) atoms. The number of aryl methyl sites for hydroxylation is 1. The number of halogens is 1. The van der Waals surface area contributed by atoms with Crippen molar-refractivity contribution in [2.45, 2.75) is 25.4 Å². The van der Waals surface area contributed by atoms with E-state index in [0.717, 1.165) is 19.0 Å². The van der Waals surface area contributed by atoms with E-state index in [0.29, 0.717) is 19.1 Å². The highest BCUT2D eigenvalue weighted by molar-refractivity contribution is 14.0. The Morgan fingerprint density at radius 3 is 2.73 bits per heavy atom. The van der Waals surface area contributed by atoms with Crippen molar-refractivity contribution in [3.05, 3.63) is 24.0 Å². The highest BCUT2D eigenvalue weighted by Crippen LogP contribution is 2.27. The first-order valence-electron chi connectivity index (χ1n) is 7.54. The Bertz CT molecular complexity index is 552. The first-order chi connectivity index (χ1) is 10.2. The van der Waals surface area contributed by atoms with Gasteiger partial charge in [0.05, 0.1) is 13.1 Å². The van der Waals surface area contributed by atoms with Crippen molar-refractivity contribution in [3.8, 4) is 0 Å². The number of aromatic nitrogens is 1. The number of rotatable bonds is 3. The summed E-state index contributed by atoms with van der Waals surface area (Å²) >= 11 is 0. The molecule has 7 heteroatoms. The summed E-state index contributed by atoms with van der Waals surface area (Å²) in [6, 6.07) is 4.62. The third kappa shape index (κ3) is 3.74. The molecule has 1 saturated heterocycles. The lowest BCUT2D eigenvalue weighted by Gasteiger charge is -2.36. The third-order valence-corrected chi connectivity index (χ3v) is 4.24. The van der Waals surface area contributed by atoms with Gasteiger partial charge in [0, 0.05) is 45.1 Å². The normalized spacial score (nSPS) is 19.2. The summed E-state index contributed by atoms with van der Waals surface area (Å²) < 4.78 is 2.08. The van der Waals surface area contributed by atoms with Crippen molar-refractivity contribution in [2.24, 2.45) is 12.0 Å². The number of nitrogens with zero attached hydrogens (tertiary/aromatic N) is 4. The van der Waals surface area contributed by atoms with Crippen LogP contribution in [0.25, 0.3) is 0 Å². The van der Waals surface area contributed by atoms with Crippen LogP contribution >= 0.6 is 24.0 Å². The van der Waals surface area contributed by atoms with E-state index in [2.05, 4.69) is 20.9 Å². The Labute approximate surface area is 148 Å². The molecule has 0 bridgehead atoms. The van der Waals surface area contributed by atoms with Crippen molar-refractivity contribution < 1.29 is 4.79 Å². The van der Waals surface area contributed by atoms with Gasteiger partial charge in [-0.3, -0.25) is 9.79 Å². The second-order valence-electron chi connectivity index (χ2n) is 5.75. The second kappa shape index (κ2) is 7.34. The van der Waals surface area contributed by atoms with Gasteiger partial charge in [-0.25, -0.2) is 0 Å². The largest absolute Gasteiger partial charge is 0.353 e. The molecule has 1 saturated carbocycles. The van der Waals surface area contributed by atoms with Gasteiger partial charge < -0.3 is 19.7 Å². The van der Waals surface area contributed by atoms with E-state index in [-0.39, 0.29) is 29.9 Å². The molecule has 3 rings (SSSR count). The van der Waals surface area contributed by atoms with Crippen molar-refractivity contribution in [2.75, 3.05) is 26.7 Å². The zero-order valence-corrected chi connectivity index (χ0v) is 15.5. The van der Waals surface area contributed by atoms with Crippen LogP contribution in [0.4, 0.5) is 0 Å². The fraction of sp³-hybridized carbons (Fsp3) is 0.600. The number of aliphatic imine (C=N–C) groups is 1. The first kappa shape index (κ1) is 17.1. The van der Waals surface area contributed by atoms with Crippen molar-refractivity contribution >= 4 is 35.8 Å². The molecule has 122 valence electrons. The van der Waals surface area contributed by atoms with Crippen molar-refractivity contribution in [1.82, 2.24) is 19.7 Å². The molecule has 0 unspecified atom stereocenters. The van der Waals surface area contributed by atoms with E-state index in [1.54, 1.807) is 7.05 Å². The van der Waals surface area contributed by atoms with E-state index >= 15 is 0 Å². The summed E-state index contributed by atoms with van der Waals surface area (Å²) in [5.41, 5.74) is 1.19. The van der Waals surface area contributed by atoms with Gasteiger partial charge in [-0.05, 0) is 25.0 Å². The summed E-state index contributed by atoms with van der Waals surface area (Å²) in [6.07, 6.45) is 4.37. The zero-order valence-electron chi connectivity index (χ0n) is 13.2. The average Bonchev–Trinajstić information content (AvgIpc) is 3.23. The predicted octanol–water partition coefficient (Wildman–Crippen LogP) is 1.03. The summed E-state index contributed by atoms with van der Waals surface area (Å²) in [5, 5.41) is 3.35. The Balaban J connectivity index is 0.00000176. The molecule has 0 spiro atoms. The van der Waals surface area contributed by atoms with Crippen LogP contribution in [0.1, 0.15) is 18.5 Å². The number of hydrogen-bond acceptors (Lipinski definition) is 2. The Kier molecular flexibility index (Phi) is 5.71. The molecule has 6 nitrogen and oxygen atoms in total. The van der Waals surface area contributed by atoms with E-state index in [1.807, 2.05) is 29.1 Å². The Morgan fingerprint density at radius 1 is 1.41 bits per heavy atom. The lowest BCUT2D eigenvalue weighted by molar-refractivity contribution is -0.135. The van der Waals surface area contributed by atoms with Gasteiger partial charge in [-0.2, -0.15) is 0 Å². The maximum Gasteiger partial charge on any atom is 0.242 e. The van der Waals surface area contributed by atoms with Crippen LogP contribution in [0.5, 0.6) is 0 Å². The smallest absolute Gasteiger partial charge is 0.242 e. The van der Waals surface area contributed by atoms with Crippen LogP contribution in [-0.4, -0.2) is 59.0 Å². The lowest BCUT2D eigenvalue weighted by Crippen LogP contribution is -2.55. The zero-order chi connectivity index (χ0) is 14.8. The molecule has 1 N–H and O–H groups in total. The van der Waals surface area contributed by atoms with Gasteiger partial charge in [0.1, 0.15) is 0 Å². The monoisotopic (exact) mass is 417 g/mol. The van der Waals surface area contributed by atoms with Gasteiger partial charge in [-0.15, -0.1) is 24.0 Å². The van der Waals surface area contributed by atoms with Crippen LogP contribution in [0.15, 0.2) is 23.3 Å². The second-order valence-corrected chi connectivity index (χ2v) is 5.75. The van der Waals surface area contributed by atoms with Gasteiger partial charge >= 0.3 is 0 Å².